The van der Waals surface area contributed by atoms with Gasteiger partial charge in [0.15, 0.2) is 5.78 Å². The van der Waals surface area contributed by atoms with E-state index in [4.69, 9.17) is 0 Å². The minimum Gasteiger partial charge on any atom is -0.328 e. The molecule has 2 aliphatic heterocycles. The highest BCUT2D eigenvalue weighted by Crippen LogP contribution is 2.35. The number of carbonyl (C=O) groups excluding carboxylic acids is 4. The van der Waals surface area contributed by atoms with E-state index in [0.717, 1.165) is 10.5 Å². The first-order valence-corrected chi connectivity index (χ1v) is 9.75. The molecular formula is C23H21N3O4. The number of aromatic nitrogens is 1. The average Bonchev–Trinajstić information content (AvgIpc) is 3.00. The molecule has 0 unspecified atom stereocenters. The molecule has 3 heterocycles. The third-order valence-corrected chi connectivity index (χ3v) is 5.78. The van der Waals surface area contributed by atoms with Crippen molar-refractivity contribution in [3.63, 3.8) is 0 Å². The Morgan fingerprint density at radius 2 is 1.83 bits per heavy atom. The van der Waals surface area contributed by atoms with E-state index in [2.05, 4.69) is 16.9 Å². The van der Waals surface area contributed by atoms with Crippen LogP contribution in [0.2, 0.25) is 0 Å². The van der Waals surface area contributed by atoms with Gasteiger partial charge in [-0.3, -0.25) is 29.1 Å². The Kier molecular flexibility index (Phi) is 4.81. The summed E-state index contributed by atoms with van der Waals surface area (Å²) in [6.45, 7) is 5.35. The second kappa shape index (κ2) is 7.33. The fourth-order valence-corrected chi connectivity index (χ4v) is 3.91. The number of rotatable bonds is 5. The zero-order valence-electron chi connectivity index (χ0n) is 16.6. The number of piperidine rings is 1. The van der Waals surface area contributed by atoms with Gasteiger partial charge in [-0.1, -0.05) is 12.6 Å². The molecule has 1 saturated heterocycles. The van der Waals surface area contributed by atoms with Gasteiger partial charge in [0.1, 0.15) is 5.54 Å². The Balaban J connectivity index is 1.54. The molecule has 0 radical (unpaired) electrons. The van der Waals surface area contributed by atoms with Crippen LogP contribution < -0.4 is 5.32 Å². The van der Waals surface area contributed by atoms with Crippen LogP contribution in [0.25, 0.3) is 0 Å². The summed E-state index contributed by atoms with van der Waals surface area (Å²) in [6.07, 6.45) is 4.68. The lowest BCUT2D eigenvalue weighted by atomic mass is 9.88. The van der Waals surface area contributed by atoms with Gasteiger partial charge >= 0.3 is 0 Å². The van der Waals surface area contributed by atoms with Gasteiger partial charge in [0, 0.05) is 30.1 Å². The Labute approximate surface area is 173 Å². The highest BCUT2D eigenvalue weighted by molar-refractivity contribution is 6.23. The number of hydrogen-bond acceptors (Lipinski definition) is 5. The van der Waals surface area contributed by atoms with Crippen LogP contribution in [0.4, 0.5) is 0 Å². The summed E-state index contributed by atoms with van der Waals surface area (Å²) in [5.74, 6) is -1.38. The molecule has 30 heavy (non-hydrogen) atoms. The minimum atomic E-state index is -1.26. The maximum Gasteiger partial charge on any atom is 0.262 e. The monoisotopic (exact) mass is 403 g/mol. The van der Waals surface area contributed by atoms with Crippen LogP contribution in [0.1, 0.15) is 62.8 Å². The van der Waals surface area contributed by atoms with E-state index in [-0.39, 0.29) is 23.3 Å². The zero-order valence-corrected chi connectivity index (χ0v) is 16.6. The lowest BCUT2D eigenvalue weighted by Gasteiger charge is -2.39. The van der Waals surface area contributed by atoms with Crippen LogP contribution >= 0.6 is 0 Å². The average molecular weight is 403 g/mol. The molecule has 1 aromatic heterocycles. The van der Waals surface area contributed by atoms with Crippen molar-refractivity contribution in [2.24, 2.45) is 0 Å². The SMILES string of the molecule is C=C1CC[C@](C)(N2C(=O)c3ccc(CCC(=O)c4ccncc4)cc3C2=O)C(=O)N1. The fraction of sp³-hybridized carbons (Fsp3) is 0.261. The number of nitrogens with one attached hydrogen (secondary N) is 1. The van der Waals surface area contributed by atoms with E-state index in [9.17, 15) is 19.2 Å². The van der Waals surface area contributed by atoms with Crippen LogP contribution in [0.5, 0.6) is 0 Å². The smallest absolute Gasteiger partial charge is 0.262 e. The number of nitrogens with zero attached hydrogens (tertiary/aromatic N) is 2. The first kappa shape index (κ1) is 19.7. The summed E-state index contributed by atoms with van der Waals surface area (Å²) in [7, 11) is 0. The van der Waals surface area contributed by atoms with Gasteiger partial charge in [-0.15, -0.1) is 0 Å². The predicted molar refractivity (Wildman–Crippen MR) is 109 cm³/mol. The number of imide groups is 1. The van der Waals surface area contributed by atoms with Crippen LogP contribution in [0.15, 0.2) is 55.0 Å². The molecule has 3 amide bonds. The van der Waals surface area contributed by atoms with Crippen molar-refractivity contribution in [2.75, 3.05) is 0 Å². The number of benzene rings is 1. The second-order valence-corrected chi connectivity index (χ2v) is 7.82. The molecule has 1 fully saturated rings. The van der Waals surface area contributed by atoms with E-state index in [1.54, 1.807) is 49.6 Å². The van der Waals surface area contributed by atoms with Crippen molar-refractivity contribution < 1.29 is 19.2 Å². The Bertz CT molecular complexity index is 1090. The molecule has 0 spiro atoms. The highest BCUT2D eigenvalue weighted by atomic mass is 16.2. The maximum absolute atomic E-state index is 13.1. The quantitative estimate of drug-likeness (QED) is 0.612. The van der Waals surface area contributed by atoms with Crippen LogP contribution in [0.3, 0.4) is 0 Å². The minimum absolute atomic E-state index is 0.0199. The lowest BCUT2D eigenvalue weighted by Crippen LogP contribution is -2.60. The zero-order chi connectivity index (χ0) is 21.5. The van der Waals surface area contributed by atoms with Crippen LogP contribution in [-0.4, -0.2) is 38.9 Å². The van der Waals surface area contributed by atoms with Gasteiger partial charge in [-0.05, 0) is 56.0 Å². The Morgan fingerprint density at radius 1 is 1.13 bits per heavy atom. The van der Waals surface area contributed by atoms with Crippen LogP contribution in [-0.2, 0) is 11.2 Å². The largest absolute Gasteiger partial charge is 0.328 e. The highest BCUT2D eigenvalue weighted by Gasteiger charge is 2.51. The Hall–Kier alpha value is -3.61. The summed E-state index contributed by atoms with van der Waals surface area (Å²) in [5, 5.41) is 2.65. The van der Waals surface area contributed by atoms with Crippen molar-refractivity contribution in [1.82, 2.24) is 15.2 Å². The van der Waals surface area contributed by atoms with Crippen molar-refractivity contribution in [2.45, 2.75) is 38.1 Å². The molecule has 7 heteroatoms. The van der Waals surface area contributed by atoms with E-state index < -0.39 is 23.3 Å². The molecule has 4 rings (SSSR count). The summed E-state index contributed by atoms with van der Waals surface area (Å²) >= 11 is 0. The molecule has 0 saturated carbocycles. The number of fused-ring (bicyclic) bond motifs is 1. The van der Waals surface area contributed by atoms with Gasteiger partial charge in [0.25, 0.3) is 11.8 Å². The van der Waals surface area contributed by atoms with E-state index in [1.165, 1.54) is 0 Å². The molecular weight excluding hydrogens is 382 g/mol. The molecule has 1 atom stereocenters. The molecule has 152 valence electrons. The van der Waals surface area contributed by atoms with E-state index in [1.807, 2.05) is 0 Å². The molecule has 2 aliphatic rings. The summed E-state index contributed by atoms with van der Waals surface area (Å²) in [4.78, 5) is 55.9. The number of Topliss-reactive ketones (excluding diaryl/α,β-unsaturated/α-hetero) is 1. The van der Waals surface area contributed by atoms with Crippen LogP contribution in [0, 0.1) is 0 Å². The number of carbonyl (C=O) groups is 4. The van der Waals surface area contributed by atoms with Gasteiger partial charge in [0.05, 0.1) is 11.1 Å². The molecule has 1 N–H and O–H groups in total. The molecule has 0 bridgehead atoms. The van der Waals surface area contributed by atoms with Gasteiger partial charge in [-0.25, -0.2) is 0 Å². The first-order valence-electron chi connectivity index (χ1n) is 9.75. The number of allylic oxidation sites excluding steroid dienone is 1. The molecule has 2 aromatic rings. The van der Waals surface area contributed by atoms with Crippen molar-refractivity contribution in [3.05, 3.63) is 77.3 Å². The second-order valence-electron chi connectivity index (χ2n) is 7.82. The fourth-order valence-electron chi connectivity index (χ4n) is 3.91. The normalized spacial score (nSPS) is 20.9. The molecule has 1 aromatic carbocycles. The number of ketones is 1. The molecule has 7 nitrogen and oxygen atoms in total. The standard InChI is InChI=1S/C23H21N3O4/c1-14-7-10-23(2,22(30)25-14)26-20(28)17-5-3-15(13-18(17)21(26)29)4-6-19(27)16-8-11-24-12-9-16/h3,5,8-9,11-13H,1,4,6-7,10H2,2H3,(H,25,30)/t23-/m0/s1. The van der Waals surface area contributed by atoms with Gasteiger partial charge in [-0.2, -0.15) is 0 Å². The molecule has 0 aliphatic carbocycles. The van der Waals surface area contributed by atoms with E-state index in [0.29, 0.717) is 30.5 Å². The van der Waals surface area contributed by atoms with Gasteiger partial charge in [0.2, 0.25) is 5.91 Å². The summed E-state index contributed by atoms with van der Waals surface area (Å²) < 4.78 is 0. The third-order valence-electron chi connectivity index (χ3n) is 5.78. The van der Waals surface area contributed by atoms with Gasteiger partial charge < -0.3 is 5.32 Å². The Morgan fingerprint density at radius 3 is 2.53 bits per heavy atom. The van der Waals surface area contributed by atoms with Crippen molar-refractivity contribution in [3.8, 4) is 0 Å². The maximum atomic E-state index is 13.1. The number of aryl methyl sites for hydroxylation is 1. The predicted octanol–water partition coefficient (Wildman–Crippen LogP) is 2.68. The number of amides is 3. The summed E-state index contributed by atoms with van der Waals surface area (Å²) in [6, 6.07) is 8.33. The first-order chi connectivity index (χ1) is 14.3. The topological polar surface area (TPSA) is 96.4 Å². The van der Waals surface area contributed by atoms with Crippen molar-refractivity contribution >= 4 is 23.5 Å². The summed E-state index contributed by atoms with van der Waals surface area (Å²) in [5.41, 5.74) is 1.24. The third kappa shape index (κ3) is 3.22. The lowest BCUT2D eigenvalue weighted by molar-refractivity contribution is -0.131. The number of hydrogen-bond donors (Lipinski definition) is 1. The number of pyridine rings is 1. The van der Waals surface area contributed by atoms with Crippen molar-refractivity contribution in [1.29, 1.82) is 0 Å². The van der Waals surface area contributed by atoms with E-state index >= 15 is 0 Å².